The summed E-state index contributed by atoms with van der Waals surface area (Å²) in [7, 11) is 1.60. The summed E-state index contributed by atoms with van der Waals surface area (Å²) in [5.74, 6) is -0.317. The molecule has 1 atom stereocenters. The quantitative estimate of drug-likeness (QED) is 0.208. The number of carbonyl (C=O) groups is 1. The van der Waals surface area contributed by atoms with Crippen LogP contribution in [-0.2, 0) is 19.0 Å². The molecule has 0 aromatic carbocycles. The molecule has 0 unspecified atom stereocenters. The molecule has 0 fully saturated rings. The summed E-state index contributed by atoms with van der Waals surface area (Å²) in [6.07, 6.45) is 12.9. The Labute approximate surface area is 129 Å². The highest BCUT2D eigenvalue weighted by Crippen LogP contribution is 2.12. The van der Waals surface area contributed by atoms with E-state index in [1.165, 1.54) is 44.6 Å². The van der Waals surface area contributed by atoms with Crippen LogP contribution in [0.1, 0.15) is 65.2 Å². The van der Waals surface area contributed by atoms with E-state index >= 15 is 0 Å². The second kappa shape index (κ2) is 15.5. The average molecular weight is 300 g/mol. The Kier molecular flexibility index (Phi) is 14.9. The van der Waals surface area contributed by atoms with Crippen LogP contribution in [0.5, 0.6) is 0 Å². The van der Waals surface area contributed by atoms with E-state index in [9.17, 15) is 4.79 Å². The minimum atomic E-state index is -0.317. The summed E-state index contributed by atoms with van der Waals surface area (Å²) in [5.41, 5.74) is 0. The van der Waals surface area contributed by atoms with Gasteiger partial charge in [-0.25, -0.2) is 4.79 Å². The van der Waals surface area contributed by atoms with Crippen LogP contribution in [0.25, 0.3) is 0 Å². The van der Waals surface area contributed by atoms with Crippen molar-refractivity contribution in [3.8, 4) is 0 Å². The molecule has 124 valence electrons. The minimum absolute atomic E-state index is 0.0787. The van der Waals surface area contributed by atoms with Crippen LogP contribution >= 0.6 is 0 Å². The molecule has 0 rings (SSSR count). The van der Waals surface area contributed by atoms with Crippen LogP contribution < -0.4 is 0 Å². The Morgan fingerprint density at radius 2 is 1.71 bits per heavy atom. The Bertz CT molecular complexity index is 264. The van der Waals surface area contributed by atoms with Crippen molar-refractivity contribution in [3.05, 3.63) is 12.2 Å². The molecule has 0 aromatic heterocycles. The van der Waals surface area contributed by atoms with Gasteiger partial charge in [0.15, 0.2) is 0 Å². The lowest BCUT2D eigenvalue weighted by Gasteiger charge is -2.13. The summed E-state index contributed by atoms with van der Waals surface area (Å²) in [4.78, 5) is 11.3. The van der Waals surface area contributed by atoms with E-state index in [2.05, 4.69) is 6.92 Å². The highest BCUT2D eigenvalue weighted by Gasteiger charge is 2.06. The summed E-state index contributed by atoms with van der Waals surface area (Å²) >= 11 is 0. The van der Waals surface area contributed by atoms with Crippen LogP contribution in [0, 0.1) is 0 Å². The van der Waals surface area contributed by atoms with Crippen molar-refractivity contribution in [1.82, 2.24) is 0 Å². The summed E-state index contributed by atoms with van der Waals surface area (Å²) in [5, 5.41) is 0. The van der Waals surface area contributed by atoms with E-state index in [0.717, 1.165) is 12.8 Å². The summed E-state index contributed by atoms with van der Waals surface area (Å²) in [6.45, 7) is 4.66. The average Bonchev–Trinajstić information content (AvgIpc) is 2.48. The van der Waals surface area contributed by atoms with E-state index in [0.29, 0.717) is 6.61 Å². The number of unbranched alkanes of at least 4 members (excludes halogenated alkanes) is 6. The maximum atomic E-state index is 11.3. The maximum Gasteiger partial charge on any atom is 0.330 e. The molecule has 0 bridgehead atoms. The lowest BCUT2D eigenvalue weighted by Crippen LogP contribution is -2.13. The number of methoxy groups -OCH3 is 1. The van der Waals surface area contributed by atoms with Crippen molar-refractivity contribution in [2.75, 3.05) is 20.5 Å². The van der Waals surface area contributed by atoms with E-state index < -0.39 is 0 Å². The fraction of sp³-hybridized carbons (Fsp3) is 0.824. The van der Waals surface area contributed by atoms with Crippen molar-refractivity contribution in [3.63, 3.8) is 0 Å². The van der Waals surface area contributed by atoms with E-state index in [1.807, 2.05) is 0 Å². The van der Waals surface area contributed by atoms with Gasteiger partial charge in [-0.1, -0.05) is 51.9 Å². The SMILES string of the molecule is CCCCCCCCC[C@@H](/C=C/C(=O)OCC)OCOC. The molecule has 0 aliphatic carbocycles. The monoisotopic (exact) mass is 300 g/mol. The first-order valence-corrected chi connectivity index (χ1v) is 8.20. The molecule has 0 aliphatic heterocycles. The van der Waals surface area contributed by atoms with E-state index in [1.54, 1.807) is 20.1 Å². The molecule has 0 heterocycles. The van der Waals surface area contributed by atoms with Crippen molar-refractivity contribution in [2.45, 2.75) is 71.3 Å². The normalized spacial score (nSPS) is 12.7. The molecule has 21 heavy (non-hydrogen) atoms. The lowest BCUT2D eigenvalue weighted by atomic mass is 10.1. The highest BCUT2D eigenvalue weighted by atomic mass is 16.7. The van der Waals surface area contributed by atoms with Crippen LogP contribution in [-0.4, -0.2) is 32.6 Å². The van der Waals surface area contributed by atoms with E-state index in [-0.39, 0.29) is 18.9 Å². The minimum Gasteiger partial charge on any atom is -0.463 e. The zero-order valence-electron chi connectivity index (χ0n) is 13.9. The van der Waals surface area contributed by atoms with Gasteiger partial charge in [-0.3, -0.25) is 0 Å². The van der Waals surface area contributed by atoms with Crippen molar-refractivity contribution in [1.29, 1.82) is 0 Å². The number of carbonyl (C=O) groups excluding carboxylic acids is 1. The van der Waals surface area contributed by atoms with Crippen LogP contribution in [0.4, 0.5) is 0 Å². The Hall–Kier alpha value is -0.870. The van der Waals surface area contributed by atoms with Crippen molar-refractivity contribution < 1.29 is 19.0 Å². The maximum absolute atomic E-state index is 11.3. The van der Waals surface area contributed by atoms with Gasteiger partial charge in [0.2, 0.25) is 0 Å². The predicted molar refractivity (Wildman–Crippen MR) is 85.1 cm³/mol. The zero-order chi connectivity index (χ0) is 15.8. The largest absolute Gasteiger partial charge is 0.463 e. The molecular formula is C17H32O4. The Morgan fingerprint density at radius 1 is 1.05 bits per heavy atom. The third-order valence-electron chi connectivity index (χ3n) is 3.23. The van der Waals surface area contributed by atoms with Gasteiger partial charge in [0, 0.05) is 13.2 Å². The van der Waals surface area contributed by atoms with Crippen LogP contribution in [0.15, 0.2) is 12.2 Å². The molecular weight excluding hydrogens is 268 g/mol. The van der Waals surface area contributed by atoms with Gasteiger partial charge >= 0.3 is 5.97 Å². The molecule has 4 heteroatoms. The number of hydrogen-bond donors (Lipinski definition) is 0. The van der Waals surface area contributed by atoms with Gasteiger partial charge in [-0.15, -0.1) is 0 Å². The van der Waals surface area contributed by atoms with Crippen molar-refractivity contribution >= 4 is 5.97 Å². The molecule has 4 nitrogen and oxygen atoms in total. The smallest absolute Gasteiger partial charge is 0.330 e. The number of hydrogen-bond acceptors (Lipinski definition) is 4. The van der Waals surface area contributed by atoms with Gasteiger partial charge in [0.25, 0.3) is 0 Å². The third kappa shape index (κ3) is 13.9. The van der Waals surface area contributed by atoms with Gasteiger partial charge in [0.05, 0.1) is 12.7 Å². The predicted octanol–water partition coefficient (Wildman–Crippen LogP) is 4.24. The standard InChI is InChI=1S/C17H32O4/c1-4-6-7-8-9-10-11-12-16(21-15-19-3)13-14-17(18)20-5-2/h13-14,16H,4-12,15H2,1-3H3/b14-13+/t16-/m0/s1. The summed E-state index contributed by atoms with van der Waals surface area (Å²) < 4.78 is 15.3. The van der Waals surface area contributed by atoms with E-state index in [4.69, 9.17) is 14.2 Å². The van der Waals surface area contributed by atoms with Gasteiger partial charge < -0.3 is 14.2 Å². The fourth-order valence-electron chi connectivity index (χ4n) is 2.07. The van der Waals surface area contributed by atoms with Gasteiger partial charge in [0.1, 0.15) is 6.79 Å². The first-order valence-electron chi connectivity index (χ1n) is 8.20. The fourth-order valence-corrected chi connectivity index (χ4v) is 2.07. The molecule has 0 saturated carbocycles. The summed E-state index contributed by atoms with van der Waals surface area (Å²) in [6, 6.07) is 0. The second-order valence-corrected chi connectivity index (χ2v) is 5.13. The molecule has 0 N–H and O–H groups in total. The molecule has 0 radical (unpaired) electrons. The van der Waals surface area contributed by atoms with Crippen molar-refractivity contribution in [2.24, 2.45) is 0 Å². The molecule has 0 saturated heterocycles. The molecule has 0 amide bonds. The molecule has 0 aromatic rings. The van der Waals surface area contributed by atoms with Gasteiger partial charge in [-0.2, -0.15) is 0 Å². The second-order valence-electron chi connectivity index (χ2n) is 5.13. The van der Waals surface area contributed by atoms with Crippen LogP contribution in [0.2, 0.25) is 0 Å². The number of ether oxygens (including phenoxy) is 3. The Balaban J connectivity index is 3.87. The molecule has 0 spiro atoms. The lowest BCUT2D eigenvalue weighted by molar-refractivity contribution is -0.137. The van der Waals surface area contributed by atoms with Gasteiger partial charge in [-0.05, 0) is 19.4 Å². The first kappa shape index (κ1) is 20.1. The topological polar surface area (TPSA) is 44.8 Å². The zero-order valence-corrected chi connectivity index (χ0v) is 13.9. The first-order chi connectivity index (χ1) is 10.2. The van der Waals surface area contributed by atoms with Crippen LogP contribution in [0.3, 0.4) is 0 Å². The number of rotatable bonds is 14. The molecule has 0 aliphatic rings. The number of esters is 1. The highest BCUT2D eigenvalue weighted by molar-refractivity contribution is 5.81. The Morgan fingerprint density at radius 3 is 2.33 bits per heavy atom. The third-order valence-corrected chi connectivity index (χ3v) is 3.23.